The van der Waals surface area contributed by atoms with E-state index in [0.717, 1.165) is 51.3 Å². The van der Waals surface area contributed by atoms with Gasteiger partial charge in [0, 0.05) is 70.3 Å². The average Bonchev–Trinajstić information content (AvgIpc) is 3.29. The lowest BCUT2D eigenvalue weighted by molar-refractivity contribution is -0.137. The third-order valence-electron chi connectivity index (χ3n) is 8.44. The largest absolute Gasteiger partial charge is 0.493 e. The topological polar surface area (TPSA) is 102 Å². The summed E-state index contributed by atoms with van der Waals surface area (Å²) in [4.78, 5) is 27.4. The summed E-state index contributed by atoms with van der Waals surface area (Å²) in [6.45, 7) is 5.70. The number of aliphatic hydroxyl groups is 2. The highest BCUT2D eigenvalue weighted by Gasteiger charge is 2.36. The summed E-state index contributed by atoms with van der Waals surface area (Å²) in [5.41, 5.74) is 0.380. The third-order valence-corrected chi connectivity index (χ3v) is 8.63. The van der Waals surface area contributed by atoms with Crippen LogP contribution in [0.1, 0.15) is 31.2 Å². The van der Waals surface area contributed by atoms with Crippen molar-refractivity contribution < 1.29 is 24.1 Å². The molecule has 2 N–H and O–H groups in total. The minimum Gasteiger partial charge on any atom is -0.493 e. The first kappa shape index (κ1) is 29.0. The summed E-state index contributed by atoms with van der Waals surface area (Å²) in [6, 6.07) is 4.77. The number of aromatic nitrogens is 2. The van der Waals surface area contributed by atoms with Crippen LogP contribution in [0.15, 0.2) is 30.6 Å². The number of anilines is 1. The minimum absolute atomic E-state index is 0.00920. The number of carbonyl (C=O) groups is 1. The van der Waals surface area contributed by atoms with E-state index >= 15 is 0 Å². The number of hydrogen-bond donors (Lipinski definition) is 2. The lowest BCUT2D eigenvalue weighted by Gasteiger charge is -2.41. The van der Waals surface area contributed by atoms with Crippen molar-refractivity contribution in [1.82, 2.24) is 19.8 Å². The maximum Gasteiger partial charge on any atom is 0.227 e. The molecule has 0 saturated carbocycles. The molecule has 2 aromatic rings. The van der Waals surface area contributed by atoms with E-state index in [4.69, 9.17) is 16.3 Å². The Morgan fingerprint density at radius 3 is 2.52 bits per heavy atom. The van der Waals surface area contributed by atoms with Gasteiger partial charge in [-0.25, -0.2) is 14.4 Å². The number of carbonyl (C=O) groups excluding carboxylic acids is 1. The lowest BCUT2D eigenvalue weighted by atomic mass is 9.92. The van der Waals surface area contributed by atoms with E-state index in [9.17, 15) is 19.4 Å². The molecule has 1 aromatic heterocycles. The van der Waals surface area contributed by atoms with Crippen LogP contribution in [-0.2, 0) is 11.2 Å². The van der Waals surface area contributed by atoms with Gasteiger partial charge >= 0.3 is 0 Å². The van der Waals surface area contributed by atoms with Gasteiger partial charge in [-0.2, -0.15) is 0 Å². The molecule has 0 radical (unpaired) electrons. The van der Waals surface area contributed by atoms with E-state index in [1.54, 1.807) is 29.4 Å². The number of benzene rings is 1. The van der Waals surface area contributed by atoms with Gasteiger partial charge in [0.1, 0.15) is 11.6 Å². The summed E-state index contributed by atoms with van der Waals surface area (Å²) in [7, 11) is 0. The molecule has 218 valence electrons. The summed E-state index contributed by atoms with van der Waals surface area (Å²) in [5, 5.41) is 19.8. The molecular formula is C29H39ClFN5O4. The Kier molecular flexibility index (Phi) is 9.72. The number of hydrogen-bond acceptors (Lipinski definition) is 8. The summed E-state index contributed by atoms with van der Waals surface area (Å²) in [5.74, 6) is 1.60. The van der Waals surface area contributed by atoms with Crippen molar-refractivity contribution in [3.63, 3.8) is 0 Å². The van der Waals surface area contributed by atoms with Crippen molar-refractivity contribution in [3.8, 4) is 5.75 Å². The highest BCUT2D eigenvalue weighted by molar-refractivity contribution is 6.30. The molecule has 3 fully saturated rings. The Hall–Kier alpha value is -2.53. The summed E-state index contributed by atoms with van der Waals surface area (Å²) in [6.07, 6.45) is 6.91. The fourth-order valence-electron chi connectivity index (χ4n) is 6.01. The van der Waals surface area contributed by atoms with Crippen LogP contribution in [-0.4, -0.2) is 101 Å². The smallest absolute Gasteiger partial charge is 0.227 e. The zero-order valence-corrected chi connectivity index (χ0v) is 23.6. The van der Waals surface area contributed by atoms with Crippen LogP contribution in [0.4, 0.5) is 10.3 Å². The van der Waals surface area contributed by atoms with Gasteiger partial charge in [-0.15, -0.1) is 0 Å². The molecule has 1 aromatic carbocycles. The minimum atomic E-state index is -0.488. The van der Waals surface area contributed by atoms with E-state index in [2.05, 4.69) is 19.8 Å². The molecule has 4 heterocycles. The zero-order chi connectivity index (χ0) is 28.1. The zero-order valence-electron chi connectivity index (χ0n) is 22.8. The van der Waals surface area contributed by atoms with Crippen LogP contribution in [0, 0.1) is 23.6 Å². The molecule has 0 spiro atoms. The van der Waals surface area contributed by atoms with Crippen LogP contribution >= 0.6 is 11.6 Å². The highest BCUT2D eigenvalue weighted by Crippen LogP contribution is 2.26. The maximum absolute atomic E-state index is 14.7. The molecule has 1 unspecified atom stereocenters. The maximum atomic E-state index is 14.7. The quantitative estimate of drug-likeness (QED) is 0.394. The first-order valence-electron chi connectivity index (χ1n) is 14.3. The molecule has 1 amide bonds. The van der Waals surface area contributed by atoms with Crippen LogP contribution in [0.25, 0.3) is 0 Å². The highest BCUT2D eigenvalue weighted by atomic mass is 35.5. The van der Waals surface area contributed by atoms with Gasteiger partial charge in [0.2, 0.25) is 11.9 Å². The predicted molar refractivity (Wildman–Crippen MR) is 150 cm³/mol. The molecule has 3 saturated heterocycles. The molecule has 3 aliphatic heterocycles. The van der Waals surface area contributed by atoms with Gasteiger partial charge in [-0.05, 0) is 43.2 Å². The molecule has 11 heteroatoms. The molecule has 0 bridgehead atoms. The van der Waals surface area contributed by atoms with Crippen LogP contribution in [0.5, 0.6) is 5.75 Å². The number of likely N-dealkylation sites (tertiary alicyclic amines) is 2. The molecule has 3 aliphatic rings. The van der Waals surface area contributed by atoms with Crippen LogP contribution in [0.2, 0.25) is 5.02 Å². The van der Waals surface area contributed by atoms with E-state index < -0.39 is 11.9 Å². The van der Waals surface area contributed by atoms with Crippen LogP contribution in [0.3, 0.4) is 0 Å². The van der Waals surface area contributed by atoms with Crippen LogP contribution < -0.4 is 9.64 Å². The van der Waals surface area contributed by atoms with Gasteiger partial charge in [0.15, 0.2) is 0 Å². The predicted octanol–water partition coefficient (Wildman–Crippen LogP) is 2.63. The number of nitrogens with zero attached hydrogens (tertiary/aromatic N) is 5. The van der Waals surface area contributed by atoms with Crippen molar-refractivity contribution in [2.75, 3.05) is 63.9 Å². The van der Waals surface area contributed by atoms with E-state index in [1.165, 1.54) is 6.07 Å². The second-order valence-corrected chi connectivity index (χ2v) is 11.9. The Bertz CT molecular complexity index is 1130. The number of amides is 1. The molecule has 2 atom stereocenters. The van der Waals surface area contributed by atoms with Gasteiger partial charge in [-0.3, -0.25) is 9.69 Å². The Labute approximate surface area is 239 Å². The fraction of sp³-hybridized carbons (Fsp3) is 0.621. The molecule has 5 rings (SSSR count). The van der Waals surface area contributed by atoms with Crippen molar-refractivity contribution in [3.05, 3.63) is 47.0 Å². The standard InChI is InChI=1S/C29H39ClFN5O4/c30-24-12-32-29(33-13-24)35-7-5-20(6-8-35)2-1-9-40-25-4-3-22(26(31)11-25)10-28(39)36-15-21(16-36)14-34-17-23(19-37)27(38)18-34/h3-4,11-13,20-21,23,27,37-38H,1-2,5-10,14-19H2/t23?,27-/m1/s1. The normalized spacial score (nSPS) is 22.5. The van der Waals surface area contributed by atoms with E-state index in [1.807, 2.05) is 0 Å². The Balaban J connectivity index is 0.969. The van der Waals surface area contributed by atoms with Crippen molar-refractivity contribution in [2.24, 2.45) is 17.8 Å². The Morgan fingerprint density at radius 1 is 1.10 bits per heavy atom. The molecular weight excluding hydrogens is 537 g/mol. The second kappa shape index (κ2) is 13.4. The van der Waals surface area contributed by atoms with Gasteiger partial charge < -0.3 is 24.7 Å². The summed E-state index contributed by atoms with van der Waals surface area (Å²) < 4.78 is 20.5. The monoisotopic (exact) mass is 575 g/mol. The first-order chi connectivity index (χ1) is 19.4. The number of halogens is 2. The van der Waals surface area contributed by atoms with Gasteiger partial charge in [-0.1, -0.05) is 17.7 Å². The molecule has 9 nitrogen and oxygen atoms in total. The number of ether oxygens (including phenoxy) is 1. The average molecular weight is 576 g/mol. The fourth-order valence-corrected chi connectivity index (χ4v) is 6.11. The lowest BCUT2D eigenvalue weighted by Crippen LogP contribution is -2.54. The van der Waals surface area contributed by atoms with E-state index in [-0.39, 0.29) is 24.9 Å². The van der Waals surface area contributed by atoms with E-state index in [0.29, 0.717) is 61.0 Å². The van der Waals surface area contributed by atoms with Crippen molar-refractivity contribution in [2.45, 2.75) is 38.2 Å². The van der Waals surface area contributed by atoms with Gasteiger partial charge in [0.05, 0.1) is 36.5 Å². The molecule has 0 aliphatic carbocycles. The number of rotatable bonds is 11. The van der Waals surface area contributed by atoms with Crippen molar-refractivity contribution in [1.29, 1.82) is 0 Å². The summed E-state index contributed by atoms with van der Waals surface area (Å²) >= 11 is 5.88. The Morgan fingerprint density at radius 2 is 1.85 bits per heavy atom. The first-order valence-corrected chi connectivity index (χ1v) is 14.7. The SMILES string of the molecule is O=C(Cc1ccc(OCCCC2CCN(c3ncc(Cl)cn3)CC2)cc1F)N1CC(CN2CC(CO)[C@H](O)C2)C1. The molecule has 40 heavy (non-hydrogen) atoms. The van der Waals surface area contributed by atoms with Crippen molar-refractivity contribution >= 4 is 23.5 Å². The number of aliphatic hydroxyl groups excluding tert-OH is 2. The number of β-amino-alcohol motifs (C(OH)–C–C–N with tert-alkyl or cyclic N) is 1. The third kappa shape index (κ3) is 7.40. The van der Waals surface area contributed by atoms with Gasteiger partial charge in [0.25, 0.3) is 0 Å². The number of piperidine rings is 1. The second-order valence-electron chi connectivity index (χ2n) is 11.4.